The van der Waals surface area contributed by atoms with Gasteiger partial charge in [0.05, 0.1) is 6.54 Å². The Morgan fingerprint density at radius 2 is 2.19 bits per heavy atom. The fourth-order valence-electron chi connectivity index (χ4n) is 2.73. The van der Waals surface area contributed by atoms with Crippen molar-refractivity contribution < 1.29 is 9.59 Å². The zero-order valence-corrected chi connectivity index (χ0v) is 12.3. The molecule has 1 aliphatic carbocycles. The zero-order chi connectivity index (χ0) is 14.8. The summed E-state index contributed by atoms with van der Waals surface area (Å²) in [6.45, 7) is 1.82. The van der Waals surface area contributed by atoms with E-state index in [1.807, 2.05) is 12.1 Å². The molecule has 0 bridgehead atoms. The Balaban J connectivity index is 1.70. The van der Waals surface area contributed by atoms with Crippen LogP contribution in [0.1, 0.15) is 34.3 Å². The van der Waals surface area contributed by atoms with E-state index in [0.717, 1.165) is 43.5 Å². The number of hydrogen-bond acceptors (Lipinski definition) is 3. The molecule has 5 heteroatoms. The van der Waals surface area contributed by atoms with Crippen LogP contribution in [0.3, 0.4) is 0 Å². The number of carbonyl (C=O) groups excluding carboxylic acids is 2. The minimum atomic E-state index is -0.0697. The lowest BCUT2D eigenvalue weighted by Crippen LogP contribution is -2.39. The number of rotatable bonds is 4. The van der Waals surface area contributed by atoms with Gasteiger partial charge in [0.2, 0.25) is 5.91 Å². The number of likely N-dealkylation sites (N-methyl/N-ethyl adjacent to an activating group) is 1. The topological polar surface area (TPSA) is 61.4 Å². The molecule has 0 radical (unpaired) electrons. The summed E-state index contributed by atoms with van der Waals surface area (Å²) in [5, 5.41) is 6.22. The second-order valence-electron chi connectivity index (χ2n) is 5.87. The average molecular weight is 287 g/mol. The summed E-state index contributed by atoms with van der Waals surface area (Å²) in [6, 6.07) is 6.16. The molecule has 0 saturated heterocycles. The van der Waals surface area contributed by atoms with Gasteiger partial charge in [0, 0.05) is 25.2 Å². The van der Waals surface area contributed by atoms with Gasteiger partial charge in [-0.3, -0.25) is 9.59 Å². The second-order valence-corrected chi connectivity index (χ2v) is 5.87. The Morgan fingerprint density at radius 1 is 1.38 bits per heavy atom. The lowest BCUT2D eigenvalue weighted by Gasteiger charge is -2.23. The molecule has 1 fully saturated rings. The first-order valence-electron chi connectivity index (χ1n) is 7.51. The van der Waals surface area contributed by atoms with Gasteiger partial charge < -0.3 is 15.5 Å². The van der Waals surface area contributed by atoms with E-state index in [0.29, 0.717) is 6.04 Å². The Labute approximate surface area is 124 Å². The average Bonchev–Trinajstić information content (AvgIpc) is 3.29. The molecular formula is C16H21N3O2. The van der Waals surface area contributed by atoms with Crippen LogP contribution < -0.4 is 10.6 Å². The number of benzene rings is 1. The Hall–Kier alpha value is -1.88. The zero-order valence-electron chi connectivity index (χ0n) is 12.3. The lowest BCUT2D eigenvalue weighted by atomic mass is 9.95. The monoisotopic (exact) mass is 287 g/mol. The Kier molecular flexibility index (Phi) is 3.92. The van der Waals surface area contributed by atoms with Gasteiger partial charge in [-0.1, -0.05) is 12.1 Å². The van der Waals surface area contributed by atoms with Crippen LogP contribution in [0.25, 0.3) is 0 Å². The highest BCUT2D eigenvalue weighted by atomic mass is 16.2. The quantitative estimate of drug-likeness (QED) is 0.856. The summed E-state index contributed by atoms with van der Waals surface area (Å²) < 4.78 is 0. The van der Waals surface area contributed by atoms with E-state index in [1.54, 1.807) is 7.05 Å². The number of amides is 2. The Bertz CT molecular complexity index is 567. The van der Waals surface area contributed by atoms with Gasteiger partial charge in [-0.15, -0.1) is 0 Å². The van der Waals surface area contributed by atoms with Crippen LogP contribution in [0.4, 0.5) is 0 Å². The van der Waals surface area contributed by atoms with Crippen molar-refractivity contribution in [2.24, 2.45) is 0 Å². The van der Waals surface area contributed by atoms with Crippen LogP contribution >= 0.6 is 0 Å². The largest absolute Gasteiger partial charge is 0.352 e. The molecule has 112 valence electrons. The maximum absolute atomic E-state index is 12.6. The minimum Gasteiger partial charge on any atom is -0.352 e. The number of hydrogen-bond donors (Lipinski definition) is 2. The lowest BCUT2D eigenvalue weighted by molar-refractivity contribution is -0.121. The summed E-state index contributed by atoms with van der Waals surface area (Å²) >= 11 is 0. The molecule has 3 rings (SSSR count). The summed E-state index contributed by atoms with van der Waals surface area (Å²) in [5.74, 6) is -0.139. The van der Waals surface area contributed by atoms with Crippen molar-refractivity contribution in [3.05, 3.63) is 34.9 Å². The van der Waals surface area contributed by atoms with Crippen molar-refractivity contribution in [3.8, 4) is 0 Å². The number of carbonyl (C=O) groups is 2. The van der Waals surface area contributed by atoms with Crippen LogP contribution in [0.2, 0.25) is 0 Å². The van der Waals surface area contributed by atoms with Gasteiger partial charge in [0.1, 0.15) is 0 Å². The smallest absolute Gasteiger partial charge is 0.254 e. The highest BCUT2D eigenvalue weighted by Gasteiger charge is 2.25. The van der Waals surface area contributed by atoms with Crippen molar-refractivity contribution >= 4 is 11.8 Å². The highest BCUT2D eigenvalue weighted by molar-refractivity contribution is 5.98. The van der Waals surface area contributed by atoms with Gasteiger partial charge in [-0.2, -0.15) is 0 Å². The number of nitrogens with zero attached hydrogens (tertiary/aromatic N) is 1. The summed E-state index contributed by atoms with van der Waals surface area (Å²) in [7, 11) is 1.69. The minimum absolute atomic E-state index is 0.0696. The standard InChI is InChI=1S/C16H21N3O2/c1-19(10-15(20)18-12-5-6-12)16(21)14-4-2-3-11-9-17-8-7-13(11)14/h2-4,12,17H,5-10H2,1H3,(H,18,20). The molecule has 5 nitrogen and oxygen atoms in total. The van der Waals surface area contributed by atoms with Gasteiger partial charge >= 0.3 is 0 Å². The summed E-state index contributed by atoms with van der Waals surface area (Å²) in [5.41, 5.74) is 3.04. The van der Waals surface area contributed by atoms with Crippen molar-refractivity contribution in [2.75, 3.05) is 20.1 Å². The number of nitrogens with one attached hydrogen (secondary N) is 2. The molecule has 0 atom stereocenters. The fraction of sp³-hybridized carbons (Fsp3) is 0.500. The summed E-state index contributed by atoms with van der Waals surface area (Å²) in [4.78, 5) is 25.9. The van der Waals surface area contributed by atoms with E-state index in [-0.39, 0.29) is 18.4 Å². The maximum atomic E-state index is 12.6. The number of fused-ring (bicyclic) bond motifs is 1. The van der Waals surface area contributed by atoms with E-state index in [9.17, 15) is 9.59 Å². The van der Waals surface area contributed by atoms with Gasteiger partial charge in [-0.25, -0.2) is 0 Å². The molecule has 0 aromatic heterocycles. The van der Waals surface area contributed by atoms with Crippen molar-refractivity contribution in [2.45, 2.75) is 31.8 Å². The molecule has 21 heavy (non-hydrogen) atoms. The van der Waals surface area contributed by atoms with Crippen molar-refractivity contribution in [1.29, 1.82) is 0 Å². The van der Waals surface area contributed by atoms with Crippen LogP contribution in [-0.2, 0) is 17.8 Å². The van der Waals surface area contributed by atoms with E-state index >= 15 is 0 Å². The van der Waals surface area contributed by atoms with E-state index in [4.69, 9.17) is 0 Å². The predicted octanol–water partition coefficient (Wildman–Crippen LogP) is 0.683. The maximum Gasteiger partial charge on any atom is 0.254 e. The van der Waals surface area contributed by atoms with Crippen LogP contribution in [0.15, 0.2) is 18.2 Å². The SMILES string of the molecule is CN(CC(=O)NC1CC1)C(=O)c1cccc2c1CCNC2. The third kappa shape index (κ3) is 3.24. The molecule has 0 unspecified atom stereocenters. The highest BCUT2D eigenvalue weighted by Crippen LogP contribution is 2.20. The second kappa shape index (κ2) is 5.85. The first kappa shape index (κ1) is 14.1. The molecule has 2 amide bonds. The van der Waals surface area contributed by atoms with E-state index in [2.05, 4.69) is 16.7 Å². The molecule has 0 spiro atoms. The third-order valence-corrected chi connectivity index (χ3v) is 4.04. The molecule has 1 aliphatic heterocycles. The fourth-order valence-corrected chi connectivity index (χ4v) is 2.73. The molecule has 1 aromatic rings. The predicted molar refractivity (Wildman–Crippen MR) is 80.0 cm³/mol. The molecule has 1 aromatic carbocycles. The van der Waals surface area contributed by atoms with Crippen LogP contribution in [0.5, 0.6) is 0 Å². The van der Waals surface area contributed by atoms with E-state index in [1.165, 1.54) is 10.5 Å². The van der Waals surface area contributed by atoms with Crippen LogP contribution in [-0.4, -0.2) is 42.9 Å². The molecule has 2 N–H and O–H groups in total. The van der Waals surface area contributed by atoms with Gasteiger partial charge in [0.15, 0.2) is 0 Å². The molecular weight excluding hydrogens is 266 g/mol. The van der Waals surface area contributed by atoms with Crippen molar-refractivity contribution in [3.63, 3.8) is 0 Å². The molecule has 2 aliphatic rings. The van der Waals surface area contributed by atoms with Gasteiger partial charge in [0.25, 0.3) is 5.91 Å². The normalized spacial score (nSPS) is 17.0. The van der Waals surface area contributed by atoms with Crippen LogP contribution in [0, 0.1) is 0 Å². The molecule has 1 saturated carbocycles. The van der Waals surface area contributed by atoms with Crippen molar-refractivity contribution in [1.82, 2.24) is 15.5 Å². The first-order valence-corrected chi connectivity index (χ1v) is 7.51. The Morgan fingerprint density at radius 3 is 2.95 bits per heavy atom. The van der Waals surface area contributed by atoms with E-state index < -0.39 is 0 Å². The van der Waals surface area contributed by atoms with Gasteiger partial charge in [-0.05, 0) is 43.0 Å². The molecule has 1 heterocycles. The first-order chi connectivity index (χ1) is 10.1. The third-order valence-electron chi connectivity index (χ3n) is 4.04. The summed E-state index contributed by atoms with van der Waals surface area (Å²) in [6.07, 6.45) is 2.98.